The Labute approximate surface area is 121 Å². The molecule has 0 radical (unpaired) electrons. The molecule has 0 amide bonds. The van der Waals surface area contributed by atoms with E-state index in [0.717, 1.165) is 36.3 Å². The fourth-order valence-electron chi connectivity index (χ4n) is 1.89. The van der Waals surface area contributed by atoms with Gasteiger partial charge in [0.1, 0.15) is 11.5 Å². The lowest BCUT2D eigenvalue weighted by atomic mass is 9.89. The standard InChI is InChI=1S/C16H24N2O2/c1-16(2,12-18)8-4-5-9-20-15-7-6-14(19-3)10-13(15)11-17/h6-7,10H,4-5,8-9,11,17H2,1-3H3. The first-order valence-corrected chi connectivity index (χ1v) is 6.93. The summed E-state index contributed by atoms with van der Waals surface area (Å²) < 4.78 is 10.9. The van der Waals surface area contributed by atoms with E-state index in [9.17, 15) is 0 Å². The number of nitriles is 1. The molecule has 0 saturated carbocycles. The van der Waals surface area contributed by atoms with E-state index in [4.69, 9.17) is 20.5 Å². The Hall–Kier alpha value is -1.73. The third kappa shape index (κ3) is 5.10. The summed E-state index contributed by atoms with van der Waals surface area (Å²) in [7, 11) is 1.63. The van der Waals surface area contributed by atoms with Crippen LogP contribution in [0.5, 0.6) is 11.5 Å². The molecule has 0 spiro atoms. The molecule has 0 bridgehead atoms. The van der Waals surface area contributed by atoms with Crippen molar-refractivity contribution in [1.29, 1.82) is 5.26 Å². The van der Waals surface area contributed by atoms with Gasteiger partial charge in [0.25, 0.3) is 0 Å². The van der Waals surface area contributed by atoms with Crippen LogP contribution in [0, 0.1) is 16.7 Å². The van der Waals surface area contributed by atoms with Crippen LogP contribution in [0.4, 0.5) is 0 Å². The summed E-state index contributed by atoms with van der Waals surface area (Å²) in [5, 5.41) is 8.94. The highest BCUT2D eigenvalue weighted by Crippen LogP contribution is 2.25. The molecule has 1 aromatic rings. The summed E-state index contributed by atoms with van der Waals surface area (Å²) >= 11 is 0. The van der Waals surface area contributed by atoms with Crippen molar-refractivity contribution in [2.45, 2.75) is 39.7 Å². The maximum Gasteiger partial charge on any atom is 0.124 e. The second-order valence-corrected chi connectivity index (χ2v) is 5.48. The number of unbranched alkanes of at least 4 members (excludes halogenated alkanes) is 1. The van der Waals surface area contributed by atoms with Crippen molar-refractivity contribution < 1.29 is 9.47 Å². The predicted octanol–water partition coefficient (Wildman–Crippen LogP) is 3.25. The van der Waals surface area contributed by atoms with Gasteiger partial charge in [-0.3, -0.25) is 0 Å². The number of benzene rings is 1. The van der Waals surface area contributed by atoms with Crippen LogP contribution in [0.2, 0.25) is 0 Å². The predicted molar refractivity (Wildman–Crippen MR) is 79.6 cm³/mol. The normalized spacial score (nSPS) is 10.9. The second kappa shape index (κ2) is 7.76. The highest BCUT2D eigenvalue weighted by Gasteiger charge is 2.15. The smallest absolute Gasteiger partial charge is 0.124 e. The average Bonchev–Trinajstić information content (AvgIpc) is 2.46. The molecule has 0 heterocycles. The lowest BCUT2D eigenvalue weighted by molar-refractivity contribution is 0.292. The van der Waals surface area contributed by atoms with Crippen LogP contribution in [0.25, 0.3) is 0 Å². The first-order valence-electron chi connectivity index (χ1n) is 6.93. The van der Waals surface area contributed by atoms with Crippen LogP contribution >= 0.6 is 0 Å². The monoisotopic (exact) mass is 276 g/mol. The number of methoxy groups -OCH3 is 1. The Morgan fingerprint density at radius 2 is 2.05 bits per heavy atom. The van der Waals surface area contributed by atoms with Gasteiger partial charge in [0.15, 0.2) is 0 Å². The topological polar surface area (TPSA) is 68.3 Å². The highest BCUT2D eigenvalue weighted by molar-refractivity contribution is 5.40. The molecule has 20 heavy (non-hydrogen) atoms. The van der Waals surface area contributed by atoms with E-state index in [2.05, 4.69) is 6.07 Å². The molecule has 110 valence electrons. The van der Waals surface area contributed by atoms with Crippen LogP contribution in [0.3, 0.4) is 0 Å². The third-order valence-electron chi connectivity index (χ3n) is 3.24. The molecule has 2 N–H and O–H groups in total. The molecular formula is C16H24N2O2. The minimum absolute atomic E-state index is 0.247. The van der Waals surface area contributed by atoms with E-state index >= 15 is 0 Å². The van der Waals surface area contributed by atoms with Gasteiger partial charge < -0.3 is 15.2 Å². The van der Waals surface area contributed by atoms with Gasteiger partial charge >= 0.3 is 0 Å². The maximum atomic E-state index is 8.94. The highest BCUT2D eigenvalue weighted by atomic mass is 16.5. The summed E-state index contributed by atoms with van der Waals surface area (Å²) in [4.78, 5) is 0. The van der Waals surface area contributed by atoms with E-state index in [-0.39, 0.29) is 5.41 Å². The van der Waals surface area contributed by atoms with Crippen LogP contribution < -0.4 is 15.2 Å². The molecule has 0 aliphatic heterocycles. The first kappa shape index (κ1) is 16.3. The molecule has 0 aromatic heterocycles. The fraction of sp³-hybridized carbons (Fsp3) is 0.562. The van der Waals surface area contributed by atoms with E-state index in [1.54, 1.807) is 7.11 Å². The van der Waals surface area contributed by atoms with Gasteiger partial charge in [0.2, 0.25) is 0 Å². The molecule has 0 saturated heterocycles. The number of rotatable bonds is 8. The zero-order chi connectivity index (χ0) is 15.0. The summed E-state index contributed by atoms with van der Waals surface area (Å²) in [6.07, 6.45) is 2.80. The zero-order valence-electron chi connectivity index (χ0n) is 12.6. The van der Waals surface area contributed by atoms with E-state index in [1.165, 1.54) is 0 Å². The Bertz CT molecular complexity index is 464. The van der Waals surface area contributed by atoms with Crippen LogP contribution in [0.15, 0.2) is 18.2 Å². The fourth-order valence-corrected chi connectivity index (χ4v) is 1.89. The first-order chi connectivity index (χ1) is 9.52. The van der Waals surface area contributed by atoms with Crippen LogP contribution in [0.1, 0.15) is 38.7 Å². The lowest BCUT2D eigenvalue weighted by Crippen LogP contribution is -2.09. The van der Waals surface area contributed by atoms with Crippen molar-refractivity contribution in [2.75, 3.05) is 13.7 Å². The van der Waals surface area contributed by atoms with Gasteiger partial charge in [-0.2, -0.15) is 5.26 Å². The van der Waals surface area contributed by atoms with Gasteiger partial charge in [-0.05, 0) is 51.3 Å². The SMILES string of the molecule is COc1ccc(OCCCCC(C)(C)C#N)c(CN)c1. The van der Waals surface area contributed by atoms with Crippen molar-refractivity contribution in [3.05, 3.63) is 23.8 Å². The second-order valence-electron chi connectivity index (χ2n) is 5.48. The maximum absolute atomic E-state index is 8.94. The Morgan fingerprint density at radius 1 is 1.30 bits per heavy atom. The molecule has 0 fully saturated rings. The Balaban J connectivity index is 2.41. The quantitative estimate of drug-likeness (QED) is 0.740. The summed E-state index contributed by atoms with van der Waals surface area (Å²) in [5.74, 6) is 1.60. The van der Waals surface area contributed by atoms with Crippen molar-refractivity contribution in [3.8, 4) is 17.6 Å². The lowest BCUT2D eigenvalue weighted by Gasteiger charge is -2.15. The average molecular weight is 276 g/mol. The van der Waals surface area contributed by atoms with Crippen LogP contribution in [-0.4, -0.2) is 13.7 Å². The Kier molecular flexibility index (Phi) is 6.33. The molecule has 4 heteroatoms. The van der Waals surface area contributed by atoms with Gasteiger partial charge in [0.05, 0.1) is 25.2 Å². The zero-order valence-corrected chi connectivity index (χ0v) is 12.6. The summed E-state index contributed by atoms with van der Waals surface area (Å²) in [6, 6.07) is 7.96. The Morgan fingerprint density at radius 3 is 2.65 bits per heavy atom. The minimum Gasteiger partial charge on any atom is -0.497 e. The van der Waals surface area contributed by atoms with Gasteiger partial charge in [-0.1, -0.05) is 0 Å². The molecule has 0 atom stereocenters. The van der Waals surface area contributed by atoms with Gasteiger partial charge in [-0.15, -0.1) is 0 Å². The van der Waals surface area contributed by atoms with Crippen molar-refractivity contribution in [3.63, 3.8) is 0 Å². The number of nitrogens with two attached hydrogens (primary N) is 1. The largest absolute Gasteiger partial charge is 0.497 e. The number of ether oxygens (including phenoxy) is 2. The third-order valence-corrected chi connectivity index (χ3v) is 3.24. The molecule has 1 aromatic carbocycles. The van der Waals surface area contributed by atoms with E-state index in [1.807, 2.05) is 32.0 Å². The van der Waals surface area contributed by atoms with Crippen molar-refractivity contribution >= 4 is 0 Å². The minimum atomic E-state index is -0.247. The molecule has 1 rings (SSSR count). The van der Waals surface area contributed by atoms with Crippen molar-refractivity contribution in [1.82, 2.24) is 0 Å². The summed E-state index contributed by atoms with van der Waals surface area (Å²) in [5.41, 5.74) is 6.41. The van der Waals surface area contributed by atoms with E-state index in [0.29, 0.717) is 13.2 Å². The molecule has 0 unspecified atom stereocenters. The van der Waals surface area contributed by atoms with Crippen LogP contribution in [-0.2, 0) is 6.54 Å². The van der Waals surface area contributed by atoms with E-state index < -0.39 is 0 Å². The summed E-state index contributed by atoms with van der Waals surface area (Å²) in [6.45, 7) is 4.99. The molecule has 4 nitrogen and oxygen atoms in total. The molecule has 0 aliphatic rings. The van der Waals surface area contributed by atoms with Gasteiger partial charge in [0, 0.05) is 12.1 Å². The van der Waals surface area contributed by atoms with Gasteiger partial charge in [-0.25, -0.2) is 0 Å². The van der Waals surface area contributed by atoms with Crippen molar-refractivity contribution in [2.24, 2.45) is 11.1 Å². The molecular weight excluding hydrogens is 252 g/mol. The number of hydrogen-bond donors (Lipinski definition) is 1. The number of nitrogens with zero attached hydrogens (tertiary/aromatic N) is 1. The molecule has 0 aliphatic carbocycles. The number of hydrogen-bond acceptors (Lipinski definition) is 4.